The normalized spacial score (nSPS) is 11.1. The number of ether oxygens (including phenoxy) is 2. The van der Waals surface area contributed by atoms with Crippen molar-refractivity contribution in [2.45, 2.75) is 26.8 Å². The molecule has 0 saturated heterocycles. The Balaban J connectivity index is 1.80. The van der Waals surface area contributed by atoms with E-state index in [0.717, 1.165) is 50.8 Å². The van der Waals surface area contributed by atoms with Gasteiger partial charge in [0, 0.05) is 28.6 Å². The van der Waals surface area contributed by atoms with Crippen molar-refractivity contribution < 1.29 is 14.3 Å². The fraction of sp³-hybridized carbons (Fsp3) is 0.280. The van der Waals surface area contributed by atoms with E-state index < -0.39 is 0 Å². The number of hydrogen-bond acceptors (Lipinski definition) is 6. The summed E-state index contributed by atoms with van der Waals surface area (Å²) in [6.07, 6.45) is 2.95. The zero-order chi connectivity index (χ0) is 23.5. The number of thiazole rings is 1. The van der Waals surface area contributed by atoms with Crippen LogP contribution in [0.15, 0.2) is 48.7 Å². The van der Waals surface area contributed by atoms with Gasteiger partial charge in [0.1, 0.15) is 12.3 Å². The lowest BCUT2D eigenvalue weighted by atomic mass is 10.1. The fourth-order valence-corrected chi connectivity index (χ4v) is 5.11. The molecule has 2 heterocycles. The standard InChI is InChI=1S/C25H26ClN3O3S/c1-5-12-29(22-14-28(15-23(30)32-4)21-9-7-6-8-19(21)22)25-27-24(16(2)33-25)18-11-10-17(31-3)13-20(18)26/h6-11,13-14H,5,12,15H2,1-4H3. The van der Waals surface area contributed by atoms with Gasteiger partial charge < -0.3 is 18.9 Å². The fourth-order valence-electron chi connectivity index (χ4n) is 3.88. The number of halogens is 1. The van der Waals surface area contributed by atoms with Crippen LogP contribution in [0.25, 0.3) is 22.2 Å². The first-order valence-corrected chi connectivity index (χ1v) is 11.9. The van der Waals surface area contributed by atoms with E-state index in [9.17, 15) is 4.79 Å². The highest BCUT2D eigenvalue weighted by atomic mass is 35.5. The van der Waals surface area contributed by atoms with Crippen LogP contribution in [0, 0.1) is 6.92 Å². The number of anilines is 2. The summed E-state index contributed by atoms with van der Waals surface area (Å²) in [7, 11) is 3.03. The number of hydrogen-bond donors (Lipinski definition) is 0. The highest BCUT2D eigenvalue weighted by Gasteiger charge is 2.22. The quantitative estimate of drug-likeness (QED) is 0.269. The minimum absolute atomic E-state index is 0.153. The third-order valence-corrected chi connectivity index (χ3v) is 6.79. The van der Waals surface area contributed by atoms with Crippen molar-refractivity contribution in [3.05, 3.63) is 58.6 Å². The average Bonchev–Trinajstić information content (AvgIpc) is 3.38. The van der Waals surface area contributed by atoms with Crippen LogP contribution < -0.4 is 9.64 Å². The van der Waals surface area contributed by atoms with E-state index >= 15 is 0 Å². The second-order valence-corrected chi connectivity index (χ2v) is 9.22. The van der Waals surface area contributed by atoms with Crippen molar-refractivity contribution in [2.24, 2.45) is 0 Å². The van der Waals surface area contributed by atoms with E-state index in [1.807, 2.05) is 41.1 Å². The molecule has 0 fully saturated rings. The van der Waals surface area contributed by atoms with Gasteiger partial charge in [-0.1, -0.05) is 36.7 Å². The molecule has 0 bridgehead atoms. The van der Waals surface area contributed by atoms with Crippen LogP contribution in [0.2, 0.25) is 5.02 Å². The molecule has 0 amide bonds. The molecular formula is C25H26ClN3O3S. The number of para-hydroxylation sites is 1. The van der Waals surface area contributed by atoms with Crippen molar-refractivity contribution in [1.29, 1.82) is 0 Å². The van der Waals surface area contributed by atoms with Crippen LogP contribution in [0.4, 0.5) is 10.8 Å². The van der Waals surface area contributed by atoms with Crippen LogP contribution in [0.3, 0.4) is 0 Å². The summed E-state index contributed by atoms with van der Waals surface area (Å²) in [5.74, 6) is 0.425. The molecule has 0 aliphatic carbocycles. The number of carbonyl (C=O) groups is 1. The van der Waals surface area contributed by atoms with Gasteiger partial charge in [0.2, 0.25) is 0 Å². The second kappa shape index (κ2) is 9.85. The summed E-state index contributed by atoms with van der Waals surface area (Å²) in [5, 5.41) is 2.55. The lowest BCUT2D eigenvalue weighted by molar-refractivity contribution is -0.141. The molecule has 0 atom stereocenters. The Kier molecular flexibility index (Phi) is 6.91. The highest BCUT2D eigenvalue weighted by Crippen LogP contribution is 2.41. The summed E-state index contributed by atoms with van der Waals surface area (Å²) in [6, 6.07) is 13.7. The molecule has 8 heteroatoms. The molecule has 172 valence electrons. The van der Waals surface area contributed by atoms with Crippen molar-refractivity contribution in [2.75, 3.05) is 25.7 Å². The van der Waals surface area contributed by atoms with E-state index in [2.05, 4.69) is 24.8 Å². The number of benzene rings is 2. The van der Waals surface area contributed by atoms with Crippen LogP contribution in [0.1, 0.15) is 18.2 Å². The number of carbonyl (C=O) groups excluding carboxylic acids is 1. The number of nitrogens with zero attached hydrogens (tertiary/aromatic N) is 3. The van der Waals surface area contributed by atoms with E-state index in [-0.39, 0.29) is 12.5 Å². The number of aryl methyl sites for hydroxylation is 1. The van der Waals surface area contributed by atoms with E-state index in [1.54, 1.807) is 24.5 Å². The SMILES string of the molecule is CCCN(c1nc(-c2ccc(OC)cc2Cl)c(C)s1)c1cn(CC(=O)OC)c2ccccc12. The average molecular weight is 484 g/mol. The zero-order valence-corrected chi connectivity index (χ0v) is 20.7. The molecule has 6 nitrogen and oxygen atoms in total. The topological polar surface area (TPSA) is 56.6 Å². The molecule has 2 aromatic carbocycles. The highest BCUT2D eigenvalue weighted by molar-refractivity contribution is 7.16. The van der Waals surface area contributed by atoms with Gasteiger partial charge in [-0.15, -0.1) is 11.3 Å². The van der Waals surface area contributed by atoms with Gasteiger partial charge in [0.05, 0.1) is 36.1 Å². The van der Waals surface area contributed by atoms with E-state index in [4.69, 9.17) is 26.1 Å². The summed E-state index contributed by atoms with van der Waals surface area (Å²) >= 11 is 8.18. The van der Waals surface area contributed by atoms with Crippen molar-refractivity contribution in [1.82, 2.24) is 9.55 Å². The maximum absolute atomic E-state index is 12.0. The Morgan fingerprint density at radius 1 is 1.21 bits per heavy atom. The molecular weight excluding hydrogens is 458 g/mol. The molecule has 0 aliphatic rings. The van der Waals surface area contributed by atoms with Crippen molar-refractivity contribution in [3.63, 3.8) is 0 Å². The summed E-state index contributed by atoms with van der Waals surface area (Å²) in [6.45, 7) is 5.14. The Hall–Kier alpha value is -3.03. The van der Waals surface area contributed by atoms with Gasteiger partial charge in [-0.3, -0.25) is 4.79 Å². The second-order valence-electron chi connectivity index (χ2n) is 7.63. The third-order valence-electron chi connectivity index (χ3n) is 5.48. The van der Waals surface area contributed by atoms with E-state index in [0.29, 0.717) is 10.8 Å². The van der Waals surface area contributed by atoms with Crippen molar-refractivity contribution in [3.8, 4) is 17.0 Å². The predicted octanol–water partition coefficient (Wildman–Crippen LogP) is 6.46. The van der Waals surface area contributed by atoms with Crippen molar-refractivity contribution >= 4 is 50.6 Å². The van der Waals surface area contributed by atoms with Gasteiger partial charge in [-0.25, -0.2) is 4.98 Å². The molecule has 4 rings (SSSR count). The maximum Gasteiger partial charge on any atom is 0.325 e. The summed E-state index contributed by atoms with van der Waals surface area (Å²) in [4.78, 5) is 20.3. The Bertz CT molecular complexity index is 1300. The Morgan fingerprint density at radius 2 is 2.00 bits per heavy atom. The molecule has 0 saturated carbocycles. The number of rotatable bonds is 8. The van der Waals surface area contributed by atoms with Crippen LogP contribution in [-0.2, 0) is 16.1 Å². The molecule has 0 aliphatic heterocycles. The number of fused-ring (bicyclic) bond motifs is 1. The third kappa shape index (κ3) is 4.56. The first-order valence-electron chi connectivity index (χ1n) is 10.7. The van der Waals surface area contributed by atoms with Crippen LogP contribution in [-0.4, -0.2) is 36.3 Å². The van der Waals surface area contributed by atoms with Gasteiger partial charge in [-0.05, 0) is 37.6 Å². The van der Waals surface area contributed by atoms with Gasteiger partial charge in [0.15, 0.2) is 5.13 Å². The number of methoxy groups -OCH3 is 2. The Labute approximate surface area is 202 Å². The molecule has 33 heavy (non-hydrogen) atoms. The van der Waals surface area contributed by atoms with Crippen LogP contribution in [0.5, 0.6) is 5.75 Å². The molecule has 4 aromatic rings. The molecule has 0 radical (unpaired) electrons. The lowest BCUT2D eigenvalue weighted by Gasteiger charge is -2.20. The first kappa shape index (κ1) is 23.1. The molecule has 0 N–H and O–H groups in total. The van der Waals surface area contributed by atoms with E-state index in [1.165, 1.54) is 7.11 Å². The number of aromatic nitrogens is 2. The minimum Gasteiger partial charge on any atom is -0.497 e. The zero-order valence-electron chi connectivity index (χ0n) is 19.1. The number of esters is 1. The first-order chi connectivity index (χ1) is 16.0. The Morgan fingerprint density at radius 3 is 2.70 bits per heavy atom. The predicted molar refractivity (Wildman–Crippen MR) is 135 cm³/mol. The molecule has 0 spiro atoms. The lowest BCUT2D eigenvalue weighted by Crippen LogP contribution is -2.17. The molecule has 2 aromatic heterocycles. The summed E-state index contributed by atoms with van der Waals surface area (Å²) < 4.78 is 12.1. The molecule has 0 unspecified atom stereocenters. The maximum atomic E-state index is 12.0. The van der Waals surface area contributed by atoms with Gasteiger partial charge in [-0.2, -0.15) is 0 Å². The smallest absolute Gasteiger partial charge is 0.325 e. The van der Waals surface area contributed by atoms with Crippen LogP contribution >= 0.6 is 22.9 Å². The van der Waals surface area contributed by atoms with Gasteiger partial charge in [0.25, 0.3) is 0 Å². The largest absolute Gasteiger partial charge is 0.497 e. The monoisotopic (exact) mass is 483 g/mol. The minimum atomic E-state index is -0.286. The van der Waals surface area contributed by atoms with Gasteiger partial charge >= 0.3 is 5.97 Å². The summed E-state index contributed by atoms with van der Waals surface area (Å²) in [5.41, 5.74) is 3.73.